The predicted octanol–water partition coefficient (Wildman–Crippen LogP) is 1.19. The second-order valence-electron chi connectivity index (χ2n) is 4.03. The molecule has 0 fully saturated rings. The van der Waals surface area contributed by atoms with Crippen molar-refractivity contribution in [1.29, 1.82) is 0 Å². The third-order valence-electron chi connectivity index (χ3n) is 2.37. The lowest BCUT2D eigenvalue weighted by molar-refractivity contribution is 0.416. The topological polar surface area (TPSA) is 45.4 Å². The van der Waals surface area contributed by atoms with E-state index in [2.05, 4.69) is 28.9 Å². The minimum Gasteiger partial charge on any atom is -0.358 e. The molecule has 0 amide bonds. The smallest absolute Gasteiger partial charge is 0.128 e. The number of rotatable bonds is 5. The molecule has 0 saturated heterocycles. The number of hydrogen-bond acceptors (Lipinski definition) is 4. The Hall–Kier alpha value is -0.840. The Balaban J connectivity index is 2.72. The standard InChI is InChI=1S/C11H19ClN4/c1-15(2)6-7-16(3)11-5-4-9(12)10(8-13)14-11/h4-5H,6-8,13H2,1-3H3. The summed E-state index contributed by atoms with van der Waals surface area (Å²) in [6.07, 6.45) is 0. The van der Waals surface area contributed by atoms with Crippen molar-refractivity contribution >= 4 is 17.4 Å². The van der Waals surface area contributed by atoms with Crippen molar-refractivity contribution in [2.75, 3.05) is 39.1 Å². The van der Waals surface area contributed by atoms with Crippen LogP contribution in [-0.4, -0.2) is 44.1 Å². The molecule has 0 aliphatic rings. The summed E-state index contributed by atoms with van der Waals surface area (Å²) in [6.45, 7) is 2.28. The Morgan fingerprint density at radius 1 is 1.25 bits per heavy atom. The van der Waals surface area contributed by atoms with Gasteiger partial charge in [-0.3, -0.25) is 0 Å². The summed E-state index contributed by atoms with van der Waals surface area (Å²) >= 11 is 5.96. The van der Waals surface area contributed by atoms with Gasteiger partial charge in [0.15, 0.2) is 0 Å². The maximum atomic E-state index is 5.96. The number of hydrogen-bond donors (Lipinski definition) is 1. The number of halogens is 1. The zero-order valence-corrected chi connectivity index (χ0v) is 10.8. The molecule has 0 spiro atoms. The van der Waals surface area contributed by atoms with Crippen LogP contribution in [0.25, 0.3) is 0 Å². The highest BCUT2D eigenvalue weighted by atomic mass is 35.5. The number of likely N-dealkylation sites (N-methyl/N-ethyl adjacent to an activating group) is 2. The van der Waals surface area contributed by atoms with Crippen molar-refractivity contribution in [1.82, 2.24) is 9.88 Å². The van der Waals surface area contributed by atoms with Gasteiger partial charge in [0.25, 0.3) is 0 Å². The van der Waals surface area contributed by atoms with Gasteiger partial charge in [-0.25, -0.2) is 4.98 Å². The van der Waals surface area contributed by atoms with E-state index in [9.17, 15) is 0 Å². The fraction of sp³-hybridized carbons (Fsp3) is 0.545. The lowest BCUT2D eigenvalue weighted by Gasteiger charge is -2.21. The largest absolute Gasteiger partial charge is 0.358 e. The Morgan fingerprint density at radius 3 is 2.50 bits per heavy atom. The molecule has 1 aromatic rings. The van der Waals surface area contributed by atoms with E-state index < -0.39 is 0 Å². The van der Waals surface area contributed by atoms with Gasteiger partial charge in [-0.2, -0.15) is 0 Å². The molecule has 1 heterocycles. The molecule has 90 valence electrons. The van der Waals surface area contributed by atoms with Gasteiger partial charge < -0.3 is 15.5 Å². The van der Waals surface area contributed by atoms with Gasteiger partial charge in [0.05, 0.1) is 10.7 Å². The van der Waals surface area contributed by atoms with Gasteiger partial charge in [-0.1, -0.05) is 11.6 Å². The maximum absolute atomic E-state index is 5.96. The summed E-state index contributed by atoms with van der Waals surface area (Å²) in [5.41, 5.74) is 6.31. The Labute approximate surface area is 102 Å². The normalized spacial score (nSPS) is 10.9. The molecule has 0 radical (unpaired) electrons. The highest BCUT2D eigenvalue weighted by Crippen LogP contribution is 2.17. The van der Waals surface area contributed by atoms with Crippen molar-refractivity contribution in [2.45, 2.75) is 6.54 Å². The summed E-state index contributed by atoms with van der Waals surface area (Å²) in [4.78, 5) is 8.65. The van der Waals surface area contributed by atoms with Crippen LogP contribution >= 0.6 is 11.6 Å². The third kappa shape index (κ3) is 3.63. The molecule has 16 heavy (non-hydrogen) atoms. The molecule has 0 aromatic carbocycles. The maximum Gasteiger partial charge on any atom is 0.128 e. The summed E-state index contributed by atoms with van der Waals surface area (Å²) in [5, 5.41) is 0.632. The molecular formula is C11H19ClN4. The van der Waals surface area contributed by atoms with E-state index in [0.29, 0.717) is 11.6 Å². The molecule has 0 aliphatic carbocycles. The summed E-state index contributed by atoms with van der Waals surface area (Å²) in [6, 6.07) is 3.76. The first kappa shape index (κ1) is 13.2. The van der Waals surface area contributed by atoms with E-state index >= 15 is 0 Å². The molecule has 2 N–H and O–H groups in total. The van der Waals surface area contributed by atoms with E-state index in [-0.39, 0.29) is 0 Å². The highest BCUT2D eigenvalue weighted by Gasteiger charge is 2.06. The van der Waals surface area contributed by atoms with Gasteiger partial charge in [-0.15, -0.1) is 0 Å². The number of anilines is 1. The molecule has 1 rings (SSSR count). The van der Waals surface area contributed by atoms with Gasteiger partial charge >= 0.3 is 0 Å². The van der Waals surface area contributed by atoms with Crippen LogP contribution in [0.1, 0.15) is 5.69 Å². The summed E-state index contributed by atoms with van der Waals surface area (Å²) < 4.78 is 0. The Bertz CT molecular complexity index is 341. The molecule has 5 heteroatoms. The van der Waals surface area contributed by atoms with Crippen molar-refractivity contribution in [3.05, 3.63) is 22.8 Å². The Morgan fingerprint density at radius 2 is 1.94 bits per heavy atom. The quantitative estimate of drug-likeness (QED) is 0.843. The van der Waals surface area contributed by atoms with Gasteiger partial charge in [0.1, 0.15) is 5.82 Å². The van der Waals surface area contributed by atoms with Crippen molar-refractivity contribution in [3.8, 4) is 0 Å². The molecule has 0 aliphatic heterocycles. The second-order valence-corrected chi connectivity index (χ2v) is 4.43. The van der Waals surface area contributed by atoms with Crippen LogP contribution in [0.4, 0.5) is 5.82 Å². The lowest BCUT2D eigenvalue weighted by Crippen LogP contribution is -2.29. The third-order valence-corrected chi connectivity index (χ3v) is 2.72. The molecule has 0 saturated carbocycles. The fourth-order valence-electron chi connectivity index (χ4n) is 1.29. The Kier molecular flexibility index (Phi) is 4.99. The lowest BCUT2D eigenvalue weighted by atomic mass is 10.3. The van der Waals surface area contributed by atoms with E-state index in [0.717, 1.165) is 24.6 Å². The van der Waals surface area contributed by atoms with Crippen molar-refractivity contribution in [2.24, 2.45) is 5.73 Å². The number of pyridine rings is 1. The SMILES string of the molecule is CN(C)CCN(C)c1ccc(Cl)c(CN)n1. The molecule has 0 bridgehead atoms. The van der Waals surface area contributed by atoms with E-state index in [4.69, 9.17) is 17.3 Å². The van der Waals surface area contributed by atoms with E-state index in [1.165, 1.54) is 0 Å². The highest BCUT2D eigenvalue weighted by molar-refractivity contribution is 6.31. The average molecular weight is 243 g/mol. The molecular weight excluding hydrogens is 224 g/mol. The van der Waals surface area contributed by atoms with Crippen LogP contribution in [0, 0.1) is 0 Å². The van der Waals surface area contributed by atoms with Crippen molar-refractivity contribution < 1.29 is 0 Å². The van der Waals surface area contributed by atoms with Crippen molar-refractivity contribution in [3.63, 3.8) is 0 Å². The number of nitrogens with zero attached hydrogens (tertiary/aromatic N) is 3. The first-order valence-corrected chi connectivity index (χ1v) is 5.63. The molecule has 1 aromatic heterocycles. The first-order valence-electron chi connectivity index (χ1n) is 5.26. The summed E-state index contributed by atoms with van der Waals surface area (Å²) in [7, 11) is 6.11. The predicted molar refractivity (Wildman–Crippen MR) is 69.0 cm³/mol. The fourth-order valence-corrected chi connectivity index (χ4v) is 1.48. The summed E-state index contributed by atoms with van der Waals surface area (Å²) in [5.74, 6) is 0.909. The molecule has 0 unspecified atom stereocenters. The van der Waals surface area contributed by atoms with Gasteiger partial charge in [0.2, 0.25) is 0 Å². The van der Waals surface area contributed by atoms with E-state index in [1.807, 2.05) is 19.2 Å². The second kappa shape index (κ2) is 6.03. The van der Waals surface area contributed by atoms with Crippen LogP contribution in [0.2, 0.25) is 5.02 Å². The minimum atomic E-state index is 0.369. The zero-order chi connectivity index (χ0) is 12.1. The van der Waals surface area contributed by atoms with Crippen LogP contribution in [-0.2, 0) is 6.54 Å². The van der Waals surface area contributed by atoms with Crippen LogP contribution in [0.5, 0.6) is 0 Å². The van der Waals surface area contributed by atoms with E-state index in [1.54, 1.807) is 0 Å². The number of aromatic nitrogens is 1. The van der Waals surface area contributed by atoms with Crippen LogP contribution in [0.15, 0.2) is 12.1 Å². The minimum absolute atomic E-state index is 0.369. The first-order chi connectivity index (χ1) is 7.54. The van der Waals surface area contributed by atoms with Gasteiger partial charge in [-0.05, 0) is 26.2 Å². The van der Waals surface area contributed by atoms with Gasteiger partial charge in [0, 0.05) is 26.7 Å². The zero-order valence-electron chi connectivity index (χ0n) is 10.1. The average Bonchev–Trinajstić information content (AvgIpc) is 2.26. The van der Waals surface area contributed by atoms with Crippen LogP contribution in [0.3, 0.4) is 0 Å². The number of nitrogens with two attached hydrogens (primary N) is 1. The molecule has 4 nitrogen and oxygen atoms in total. The molecule has 0 atom stereocenters. The monoisotopic (exact) mass is 242 g/mol. The van der Waals surface area contributed by atoms with Crippen LogP contribution < -0.4 is 10.6 Å².